The molecule has 2 unspecified atom stereocenters. The van der Waals surface area contributed by atoms with Crippen molar-refractivity contribution < 1.29 is 5.11 Å². The lowest BCUT2D eigenvalue weighted by molar-refractivity contribution is 0.158. The molecule has 0 bridgehead atoms. The van der Waals surface area contributed by atoms with Crippen LogP contribution in [0, 0.1) is 5.92 Å². The smallest absolute Gasteiger partial charge is 0.0468 e. The van der Waals surface area contributed by atoms with Gasteiger partial charge in [0.2, 0.25) is 0 Å². The van der Waals surface area contributed by atoms with Crippen molar-refractivity contribution in [3.8, 4) is 0 Å². The number of rotatable bonds is 7. The van der Waals surface area contributed by atoms with Gasteiger partial charge in [0, 0.05) is 12.6 Å². The fourth-order valence-electron chi connectivity index (χ4n) is 2.31. The van der Waals surface area contributed by atoms with Gasteiger partial charge < -0.3 is 15.3 Å². The first-order valence-electron chi connectivity index (χ1n) is 6.79. The van der Waals surface area contributed by atoms with Crippen LogP contribution in [0.2, 0.25) is 0 Å². The molecule has 3 heteroatoms. The molecule has 1 heterocycles. The van der Waals surface area contributed by atoms with E-state index in [2.05, 4.69) is 24.1 Å². The molecule has 1 aliphatic heterocycles. The minimum Gasteiger partial charge on any atom is -0.396 e. The van der Waals surface area contributed by atoms with Crippen molar-refractivity contribution >= 4 is 0 Å². The summed E-state index contributed by atoms with van der Waals surface area (Å²) in [5.41, 5.74) is 0. The van der Waals surface area contributed by atoms with Crippen molar-refractivity contribution in [1.82, 2.24) is 10.2 Å². The maximum atomic E-state index is 8.88. The molecule has 2 atom stereocenters. The lowest BCUT2D eigenvalue weighted by atomic mass is 10.0. The lowest BCUT2D eigenvalue weighted by Gasteiger charge is -2.33. The number of piperidine rings is 1. The van der Waals surface area contributed by atoms with E-state index < -0.39 is 0 Å². The Hall–Kier alpha value is -0.120. The normalized spacial score (nSPS) is 24.6. The Morgan fingerprint density at radius 2 is 2.25 bits per heavy atom. The number of aliphatic hydroxyl groups is 1. The second kappa shape index (κ2) is 8.04. The highest BCUT2D eigenvalue weighted by molar-refractivity contribution is 4.72. The third-order valence-corrected chi connectivity index (χ3v) is 3.54. The Balaban J connectivity index is 1.97. The van der Waals surface area contributed by atoms with Gasteiger partial charge in [-0.1, -0.05) is 13.3 Å². The second-order valence-electron chi connectivity index (χ2n) is 5.23. The molecule has 16 heavy (non-hydrogen) atoms. The number of hydrogen-bond donors (Lipinski definition) is 2. The minimum atomic E-state index is 0.288. The van der Waals surface area contributed by atoms with Crippen LogP contribution in [-0.2, 0) is 0 Å². The molecule has 96 valence electrons. The highest BCUT2D eigenvalue weighted by Crippen LogP contribution is 2.15. The van der Waals surface area contributed by atoms with Gasteiger partial charge in [-0.05, 0) is 58.3 Å². The van der Waals surface area contributed by atoms with Gasteiger partial charge in [-0.3, -0.25) is 0 Å². The molecule has 1 saturated heterocycles. The quantitative estimate of drug-likeness (QED) is 0.648. The molecule has 0 aromatic carbocycles. The standard InChI is InChI=1S/C13H28N2O/c1-12(11-16)10-14-7-5-9-15-8-4-3-6-13(15)2/h12-14,16H,3-11H2,1-2H3. The van der Waals surface area contributed by atoms with Crippen LogP contribution >= 0.6 is 0 Å². The molecule has 0 aromatic rings. The van der Waals surface area contributed by atoms with E-state index >= 15 is 0 Å². The summed E-state index contributed by atoms with van der Waals surface area (Å²) >= 11 is 0. The molecule has 1 rings (SSSR count). The first-order valence-corrected chi connectivity index (χ1v) is 6.79. The molecular formula is C13H28N2O. The summed E-state index contributed by atoms with van der Waals surface area (Å²) in [6, 6.07) is 0.783. The van der Waals surface area contributed by atoms with Gasteiger partial charge in [0.15, 0.2) is 0 Å². The van der Waals surface area contributed by atoms with Crippen LogP contribution in [0.15, 0.2) is 0 Å². The third-order valence-electron chi connectivity index (χ3n) is 3.54. The molecule has 2 N–H and O–H groups in total. The zero-order chi connectivity index (χ0) is 11.8. The van der Waals surface area contributed by atoms with Gasteiger partial charge in [-0.25, -0.2) is 0 Å². The van der Waals surface area contributed by atoms with E-state index in [-0.39, 0.29) is 6.61 Å². The van der Waals surface area contributed by atoms with Crippen LogP contribution in [0.3, 0.4) is 0 Å². The Bertz CT molecular complexity index is 175. The first kappa shape index (κ1) is 13.9. The number of aliphatic hydroxyl groups excluding tert-OH is 1. The van der Waals surface area contributed by atoms with E-state index in [1.54, 1.807) is 0 Å². The van der Waals surface area contributed by atoms with Gasteiger partial charge >= 0.3 is 0 Å². The Morgan fingerprint density at radius 1 is 1.44 bits per heavy atom. The number of nitrogens with one attached hydrogen (secondary N) is 1. The van der Waals surface area contributed by atoms with E-state index in [4.69, 9.17) is 5.11 Å². The zero-order valence-electron chi connectivity index (χ0n) is 10.9. The Labute approximate surface area is 100 Å². The predicted octanol–water partition coefficient (Wildman–Crippen LogP) is 1.47. The summed E-state index contributed by atoms with van der Waals surface area (Å²) in [4.78, 5) is 2.61. The average Bonchev–Trinajstić information content (AvgIpc) is 2.30. The molecule has 1 aliphatic rings. The molecular weight excluding hydrogens is 200 g/mol. The van der Waals surface area contributed by atoms with E-state index in [1.165, 1.54) is 38.8 Å². The predicted molar refractivity (Wildman–Crippen MR) is 68.6 cm³/mol. The summed E-state index contributed by atoms with van der Waals surface area (Å²) in [5, 5.41) is 12.3. The molecule has 0 spiro atoms. The summed E-state index contributed by atoms with van der Waals surface area (Å²) in [5.74, 6) is 0.383. The van der Waals surface area contributed by atoms with Crippen LogP contribution in [-0.4, -0.2) is 48.8 Å². The van der Waals surface area contributed by atoms with Crippen LogP contribution in [0.1, 0.15) is 39.5 Å². The van der Waals surface area contributed by atoms with E-state index in [0.29, 0.717) is 5.92 Å². The van der Waals surface area contributed by atoms with Crippen molar-refractivity contribution in [1.29, 1.82) is 0 Å². The average molecular weight is 228 g/mol. The third kappa shape index (κ3) is 5.28. The number of nitrogens with zero attached hydrogens (tertiary/aromatic N) is 1. The highest BCUT2D eigenvalue weighted by atomic mass is 16.3. The van der Waals surface area contributed by atoms with Crippen molar-refractivity contribution in [2.75, 3.05) is 32.8 Å². The molecule has 0 saturated carbocycles. The van der Waals surface area contributed by atoms with E-state index in [0.717, 1.165) is 19.1 Å². The summed E-state index contributed by atoms with van der Waals surface area (Å²) in [7, 11) is 0. The molecule has 0 aromatic heterocycles. The maximum Gasteiger partial charge on any atom is 0.0468 e. The highest BCUT2D eigenvalue weighted by Gasteiger charge is 2.16. The maximum absolute atomic E-state index is 8.88. The van der Waals surface area contributed by atoms with Crippen molar-refractivity contribution in [2.45, 2.75) is 45.6 Å². The fraction of sp³-hybridized carbons (Fsp3) is 1.00. The second-order valence-corrected chi connectivity index (χ2v) is 5.23. The van der Waals surface area contributed by atoms with Gasteiger partial charge in [-0.2, -0.15) is 0 Å². The Kier molecular flexibility index (Phi) is 7.01. The Morgan fingerprint density at radius 3 is 2.94 bits per heavy atom. The van der Waals surface area contributed by atoms with Gasteiger partial charge in [0.05, 0.1) is 0 Å². The van der Waals surface area contributed by atoms with Crippen molar-refractivity contribution in [2.24, 2.45) is 5.92 Å². The van der Waals surface area contributed by atoms with Crippen LogP contribution in [0.5, 0.6) is 0 Å². The van der Waals surface area contributed by atoms with E-state index in [9.17, 15) is 0 Å². The molecule has 0 amide bonds. The molecule has 0 radical (unpaired) electrons. The number of likely N-dealkylation sites (tertiary alicyclic amines) is 1. The number of hydrogen-bond acceptors (Lipinski definition) is 3. The summed E-state index contributed by atoms with van der Waals surface area (Å²) in [6.45, 7) is 9.23. The van der Waals surface area contributed by atoms with Crippen molar-refractivity contribution in [3.05, 3.63) is 0 Å². The van der Waals surface area contributed by atoms with Gasteiger partial charge in [0.25, 0.3) is 0 Å². The zero-order valence-corrected chi connectivity index (χ0v) is 10.9. The summed E-state index contributed by atoms with van der Waals surface area (Å²) < 4.78 is 0. The van der Waals surface area contributed by atoms with Gasteiger partial charge in [0.1, 0.15) is 0 Å². The first-order chi connectivity index (χ1) is 7.74. The molecule has 3 nitrogen and oxygen atoms in total. The molecule has 1 fully saturated rings. The minimum absolute atomic E-state index is 0.288. The van der Waals surface area contributed by atoms with E-state index in [1.807, 2.05) is 0 Å². The topological polar surface area (TPSA) is 35.5 Å². The fourth-order valence-corrected chi connectivity index (χ4v) is 2.31. The SMILES string of the molecule is CC(CO)CNCCCN1CCCCC1C. The lowest BCUT2D eigenvalue weighted by Crippen LogP contribution is -2.39. The summed E-state index contributed by atoms with van der Waals surface area (Å²) in [6.07, 6.45) is 5.38. The van der Waals surface area contributed by atoms with Crippen molar-refractivity contribution in [3.63, 3.8) is 0 Å². The van der Waals surface area contributed by atoms with Crippen LogP contribution in [0.4, 0.5) is 0 Å². The van der Waals surface area contributed by atoms with Gasteiger partial charge in [-0.15, -0.1) is 0 Å². The molecule has 0 aliphatic carbocycles. The monoisotopic (exact) mass is 228 g/mol. The van der Waals surface area contributed by atoms with Crippen LogP contribution < -0.4 is 5.32 Å². The van der Waals surface area contributed by atoms with Crippen LogP contribution in [0.25, 0.3) is 0 Å². The largest absolute Gasteiger partial charge is 0.396 e.